The molecule has 0 fully saturated rings. The van der Waals surface area contributed by atoms with Crippen LogP contribution in [0.2, 0.25) is 0 Å². The molecular formula is C12H15N3O. The van der Waals surface area contributed by atoms with E-state index < -0.39 is 0 Å². The summed E-state index contributed by atoms with van der Waals surface area (Å²) in [5.74, 6) is 1.39. The summed E-state index contributed by atoms with van der Waals surface area (Å²) in [6.45, 7) is 4.77. The van der Waals surface area contributed by atoms with Gasteiger partial charge in [0.15, 0.2) is 0 Å². The van der Waals surface area contributed by atoms with Crippen molar-refractivity contribution in [2.24, 2.45) is 0 Å². The normalized spacial score (nSPS) is 10.4. The van der Waals surface area contributed by atoms with Gasteiger partial charge < -0.3 is 10.5 Å². The number of aryl methyl sites for hydroxylation is 1. The third-order valence-corrected chi connectivity index (χ3v) is 2.36. The topological polar surface area (TPSA) is 53.1 Å². The summed E-state index contributed by atoms with van der Waals surface area (Å²) < 4.78 is 7.50. The number of hydrogen-bond acceptors (Lipinski definition) is 3. The number of rotatable bonds is 3. The first kappa shape index (κ1) is 10.5. The van der Waals surface area contributed by atoms with Crippen molar-refractivity contribution in [1.82, 2.24) is 9.55 Å². The second kappa shape index (κ2) is 4.26. The van der Waals surface area contributed by atoms with Crippen molar-refractivity contribution in [2.75, 3.05) is 5.73 Å². The van der Waals surface area contributed by atoms with Gasteiger partial charge in [0, 0.05) is 6.54 Å². The predicted molar refractivity (Wildman–Crippen MR) is 63.6 cm³/mol. The molecule has 2 rings (SSSR count). The maximum absolute atomic E-state index is 5.76. The monoisotopic (exact) mass is 217 g/mol. The van der Waals surface area contributed by atoms with Crippen LogP contribution < -0.4 is 10.5 Å². The van der Waals surface area contributed by atoms with Crippen molar-refractivity contribution < 1.29 is 4.74 Å². The highest BCUT2D eigenvalue weighted by Crippen LogP contribution is 2.22. The lowest BCUT2D eigenvalue weighted by atomic mass is 10.2. The van der Waals surface area contributed by atoms with Gasteiger partial charge in [0.1, 0.15) is 11.6 Å². The fourth-order valence-corrected chi connectivity index (χ4v) is 1.55. The number of hydrogen-bond donors (Lipinski definition) is 1. The van der Waals surface area contributed by atoms with E-state index in [1.54, 1.807) is 6.20 Å². The average molecular weight is 217 g/mol. The number of nitrogens with zero attached hydrogens (tertiary/aromatic N) is 2. The molecule has 1 aromatic carbocycles. The third-order valence-electron chi connectivity index (χ3n) is 2.36. The van der Waals surface area contributed by atoms with Gasteiger partial charge in [-0.1, -0.05) is 12.1 Å². The zero-order valence-electron chi connectivity index (χ0n) is 9.47. The van der Waals surface area contributed by atoms with E-state index in [0.29, 0.717) is 11.8 Å². The zero-order chi connectivity index (χ0) is 11.5. The smallest absolute Gasteiger partial charge is 0.303 e. The van der Waals surface area contributed by atoms with Crippen LogP contribution in [-0.4, -0.2) is 9.55 Å². The van der Waals surface area contributed by atoms with Gasteiger partial charge in [-0.15, -0.1) is 0 Å². The van der Waals surface area contributed by atoms with E-state index >= 15 is 0 Å². The highest BCUT2D eigenvalue weighted by Gasteiger charge is 2.07. The molecule has 0 radical (unpaired) electrons. The minimum absolute atomic E-state index is 0.533. The first-order valence-corrected chi connectivity index (χ1v) is 5.26. The van der Waals surface area contributed by atoms with E-state index in [4.69, 9.17) is 10.5 Å². The van der Waals surface area contributed by atoms with Crippen molar-refractivity contribution in [2.45, 2.75) is 20.4 Å². The number of nitrogen functional groups attached to an aromatic ring is 1. The van der Waals surface area contributed by atoms with Crippen molar-refractivity contribution in [1.29, 1.82) is 0 Å². The van der Waals surface area contributed by atoms with E-state index in [9.17, 15) is 0 Å². The lowest BCUT2D eigenvalue weighted by Gasteiger charge is -2.08. The van der Waals surface area contributed by atoms with E-state index in [1.807, 2.05) is 42.7 Å². The fraction of sp³-hybridized carbons (Fsp3) is 0.250. The van der Waals surface area contributed by atoms with Crippen LogP contribution in [0.1, 0.15) is 12.5 Å². The average Bonchev–Trinajstić information content (AvgIpc) is 2.59. The Hall–Kier alpha value is -1.97. The van der Waals surface area contributed by atoms with Crippen LogP contribution >= 0.6 is 0 Å². The minimum Gasteiger partial charge on any atom is -0.425 e. The van der Waals surface area contributed by atoms with E-state index in [1.165, 1.54) is 0 Å². The molecule has 0 aliphatic rings. The van der Waals surface area contributed by atoms with Gasteiger partial charge in [0.05, 0.1) is 6.20 Å². The van der Waals surface area contributed by atoms with Gasteiger partial charge in [0.25, 0.3) is 0 Å². The molecule has 0 saturated carbocycles. The largest absolute Gasteiger partial charge is 0.425 e. The molecule has 0 aliphatic carbocycles. The summed E-state index contributed by atoms with van der Waals surface area (Å²) in [6.07, 6.45) is 1.61. The summed E-state index contributed by atoms with van der Waals surface area (Å²) >= 11 is 0. The molecule has 4 nitrogen and oxygen atoms in total. The van der Waals surface area contributed by atoms with Gasteiger partial charge in [-0.25, -0.2) is 4.98 Å². The van der Waals surface area contributed by atoms with Crippen LogP contribution in [0.15, 0.2) is 30.5 Å². The van der Waals surface area contributed by atoms with Crippen LogP contribution in [0, 0.1) is 6.92 Å². The molecule has 0 bridgehead atoms. The van der Waals surface area contributed by atoms with Crippen molar-refractivity contribution >= 4 is 5.82 Å². The van der Waals surface area contributed by atoms with E-state index in [-0.39, 0.29) is 0 Å². The highest BCUT2D eigenvalue weighted by atomic mass is 16.5. The first-order valence-electron chi connectivity index (χ1n) is 5.26. The Morgan fingerprint density at radius 2 is 2.25 bits per heavy atom. The molecule has 0 aliphatic heterocycles. The zero-order valence-corrected chi connectivity index (χ0v) is 9.47. The summed E-state index contributed by atoms with van der Waals surface area (Å²) in [4.78, 5) is 4.13. The lowest BCUT2D eigenvalue weighted by molar-refractivity contribution is 0.416. The van der Waals surface area contributed by atoms with Crippen molar-refractivity contribution in [3.63, 3.8) is 0 Å². The third kappa shape index (κ3) is 2.00. The number of anilines is 1. The Morgan fingerprint density at radius 3 is 2.94 bits per heavy atom. The van der Waals surface area contributed by atoms with Gasteiger partial charge in [-0.2, -0.15) is 0 Å². The fourth-order valence-electron chi connectivity index (χ4n) is 1.55. The van der Waals surface area contributed by atoms with Gasteiger partial charge >= 0.3 is 6.01 Å². The van der Waals surface area contributed by atoms with Crippen LogP contribution in [-0.2, 0) is 6.54 Å². The molecule has 1 heterocycles. The van der Waals surface area contributed by atoms with Crippen molar-refractivity contribution in [3.8, 4) is 11.8 Å². The van der Waals surface area contributed by atoms with E-state index in [0.717, 1.165) is 17.9 Å². The Kier molecular flexibility index (Phi) is 2.81. The van der Waals surface area contributed by atoms with Gasteiger partial charge in [-0.05, 0) is 31.5 Å². The molecule has 0 amide bonds. The summed E-state index contributed by atoms with van der Waals surface area (Å²) in [5, 5.41) is 0. The second-order valence-corrected chi connectivity index (χ2v) is 3.63. The van der Waals surface area contributed by atoms with Crippen molar-refractivity contribution in [3.05, 3.63) is 36.0 Å². The lowest BCUT2D eigenvalue weighted by Crippen LogP contribution is -2.02. The summed E-state index contributed by atoms with van der Waals surface area (Å²) in [6, 6.07) is 8.37. The van der Waals surface area contributed by atoms with Crippen LogP contribution in [0.4, 0.5) is 5.82 Å². The molecule has 2 aromatic rings. The van der Waals surface area contributed by atoms with Gasteiger partial charge in [-0.3, -0.25) is 4.57 Å². The number of benzene rings is 1. The highest BCUT2D eigenvalue weighted by molar-refractivity contribution is 5.34. The number of ether oxygens (including phenoxy) is 1. The van der Waals surface area contributed by atoms with E-state index in [2.05, 4.69) is 4.98 Å². The Labute approximate surface area is 94.7 Å². The Bertz CT molecular complexity index is 491. The van der Waals surface area contributed by atoms with Gasteiger partial charge in [0.2, 0.25) is 0 Å². The summed E-state index contributed by atoms with van der Waals surface area (Å²) in [5.41, 5.74) is 6.91. The quantitative estimate of drug-likeness (QED) is 0.859. The number of nitrogens with two attached hydrogens (primary N) is 1. The molecule has 84 valence electrons. The molecule has 4 heteroatoms. The number of imidazole rings is 1. The van der Waals surface area contributed by atoms with Crippen LogP contribution in [0.5, 0.6) is 11.8 Å². The summed E-state index contributed by atoms with van der Waals surface area (Å²) in [7, 11) is 0. The maximum Gasteiger partial charge on any atom is 0.303 e. The standard InChI is InChI=1S/C12H15N3O/c1-3-15-11(13)8-14-12(15)16-10-6-4-5-9(2)7-10/h4-8H,3,13H2,1-2H3. The van der Waals surface area contributed by atoms with Crippen LogP contribution in [0.25, 0.3) is 0 Å². The first-order chi connectivity index (χ1) is 7.70. The molecular weight excluding hydrogens is 202 g/mol. The number of aromatic nitrogens is 2. The minimum atomic E-state index is 0.533. The second-order valence-electron chi connectivity index (χ2n) is 3.63. The maximum atomic E-state index is 5.76. The molecule has 0 unspecified atom stereocenters. The Morgan fingerprint density at radius 1 is 1.44 bits per heavy atom. The predicted octanol–water partition coefficient (Wildman–Crippen LogP) is 2.59. The molecule has 16 heavy (non-hydrogen) atoms. The molecule has 0 spiro atoms. The molecule has 0 saturated heterocycles. The molecule has 0 atom stereocenters. The SMILES string of the molecule is CCn1c(N)cnc1Oc1cccc(C)c1. The molecule has 1 aromatic heterocycles. The molecule has 2 N–H and O–H groups in total. The Balaban J connectivity index is 2.27. The van der Waals surface area contributed by atoms with Crippen LogP contribution in [0.3, 0.4) is 0 Å².